The molecule has 0 spiro atoms. The number of carbonyl (C=O) groups excluding carboxylic acids is 2. The summed E-state index contributed by atoms with van der Waals surface area (Å²) >= 11 is 0. The predicted octanol–water partition coefficient (Wildman–Crippen LogP) is 2.99. The Kier molecular flexibility index (Phi) is 5.28. The number of hydrogen-bond acceptors (Lipinski definition) is 3. The first-order chi connectivity index (χ1) is 12.1. The number of anilines is 1. The first kappa shape index (κ1) is 17.0. The first-order valence-corrected chi connectivity index (χ1v) is 8.47. The molecule has 1 aromatic heterocycles. The van der Waals surface area contributed by atoms with Crippen LogP contribution in [0.2, 0.25) is 0 Å². The molecule has 2 aromatic rings. The second-order valence-electron chi connectivity index (χ2n) is 6.27. The number of pyridine rings is 1. The molecule has 0 radical (unpaired) electrons. The minimum atomic E-state index is -0.259. The molecule has 130 valence electrons. The van der Waals surface area contributed by atoms with Gasteiger partial charge in [-0.05, 0) is 49.6 Å². The number of rotatable bonds is 6. The lowest BCUT2D eigenvalue weighted by Gasteiger charge is -2.14. The molecule has 1 aliphatic rings. The highest BCUT2D eigenvalue weighted by atomic mass is 16.2. The lowest BCUT2D eigenvalue weighted by molar-refractivity contribution is -0.117. The summed E-state index contributed by atoms with van der Waals surface area (Å²) in [6.07, 6.45) is 3.65. The van der Waals surface area contributed by atoms with Crippen molar-refractivity contribution in [3.05, 3.63) is 59.9 Å². The normalized spacial score (nSPS) is 14.4. The lowest BCUT2D eigenvalue weighted by atomic mass is 10.2. The van der Waals surface area contributed by atoms with Crippen LogP contribution in [0.5, 0.6) is 0 Å². The molecule has 3 amide bonds. The van der Waals surface area contributed by atoms with Crippen LogP contribution in [0.1, 0.15) is 37.1 Å². The van der Waals surface area contributed by atoms with Gasteiger partial charge >= 0.3 is 6.03 Å². The van der Waals surface area contributed by atoms with Crippen LogP contribution < -0.4 is 16.0 Å². The van der Waals surface area contributed by atoms with Crippen molar-refractivity contribution in [3.8, 4) is 0 Å². The summed E-state index contributed by atoms with van der Waals surface area (Å²) in [4.78, 5) is 28.1. The van der Waals surface area contributed by atoms with Gasteiger partial charge in [0.25, 0.3) is 0 Å². The number of benzene rings is 1. The van der Waals surface area contributed by atoms with Gasteiger partial charge in [0.15, 0.2) is 0 Å². The lowest BCUT2D eigenvalue weighted by Crippen LogP contribution is -2.36. The minimum Gasteiger partial charge on any atom is -0.334 e. The molecule has 1 heterocycles. The van der Waals surface area contributed by atoms with E-state index in [1.165, 1.54) is 0 Å². The fraction of sp³-hybridized carbons (Fsp3) is 0.316. The van der Waals surface area contributed by atoms with E-state index in [9.17, 15) is 9.59 Å². The number of aromatic nitrogens is 1. The molecular weight excluding hydrogens is 316 g/mol. The van der Waals surface area contributed by atoms with E-state index in [1.54, 1.807) is 6.20 Å². The van der Waals surface area contributed by atoms with Crippen molar-refractivity contribution in [1.29, 1.82) is 0 Å². The van der Waals surface area contributed by atoms with Crippen molar-refractivity contribution < 1.29 is 9.59 Å². The van der Waals surface area contributed by atoms with Crippen molar-refractivity contribution in [2.45, 2.75) is 32.4 Å². The molecule has 1 saturated carbocycles. The Morgan fingerprint density at radius 1 is 1.20 bits per heavy atom. The summed E-state index contributed by atoms with van der Waals surface area (Å²) in [6.45, 7) is 2.27. The molecule has 3 N–H and O–H groups in total. The maximum atomic E-state index is 12.0. The number of hydrogen-bond donors (Lipinski definition) is 3. The molecule has 6 heteroatoms. The van der Waals surface area contributed by atoms with E-state index in [0.29, 0.717) is 6.54 Å². The van der Waals surface area contributed by atoms with E-state index in [1.807, 2.05) is 49.4 Å². The van der Waals surface area contributed by atoms with Gasteiger partial charge < -0.3 is 16.0 Å². The molecule has 0 unspecified atom stereocenters. The Labute approximate surface area is 147 Å². The molecular formula is C19H22N4O2. The van der Waals surface area contributed by atoms with Gasteiger partial charge in [-0.2, -0.15) is 0 Å². The van der Waals surface area contributed by atoms with Crippen molar-refractivity contribution in [1.82, 2.24) is 15.6 Å². The van der Waals surface area contributed by atoms with E-state index in [4.69, 9.17) is 0 Å². The Hall–Kier alpha value is -2.89. The zero-order chi connectivity index (χ0) is 17.6. The third kappa shape index (κ3) is 5.04. The topological polar surface area (TPSA) is 83.1 Å². The fourth-order valence-electron chi connectivity index (χ4n) is 2.48. The summed E-state index contributed by atoms with van der Waals surface area (Å²) in [5.41, 5.74) is 2.50. The maximum Gasteiger partial charge on any atom is 0.315 e. The Morgan fingerprint density at radius 2 is 2.04 bits per heavy atom. The molecule has 0 saturated heterocycles. The Balaban J connectivity index is 1.49. The smallest absolute Gasteiger partial charge is 0.315 e. The van der Waals surface area contributed by atoms with Gasteiger partial charge in [-0.25, -0.2) is 4.79 Å². The monoisotopic (exact) mass is 338 g/mol. The van der Waals surface area contributed by atoms with E-state index in [2.05, 4.69) is 20.9 Å². The van der Waals surface area contributed by atoms with E-state index < -0.39 is 0 Å². The highest BCUT2D eigenvalue weighted by molar-refractivity contribution is 5.94. The zero-order valence-corrected chi connectivity index (χ0v) is 14.2. The second-order valence-corrected chi connectivity index (χ2v) is 6.27. The summed E-state index contributed by atoms with van der Waals surface area (Å²) in [7, 11) is 0. The molecule has 1 fully saturated rings. The summed E-state index contributed by atoms with van der Waals surface area (Å²) < 4.78 is 0. The van der Waals surface area contributed by atoms with Crippen LogP contribution in [0, 0.1) is 5.92 Å². The van der Waals surface area contributed by atoms with E-state index in [-0.39, 0.29) is 23.9 Å². The van der Waals surface area contributed by atoms with Crippen molar-refractivity contribution in [2.24, 2.45) is 5.92 Å². The van der Waals surface area contributed by atoms with Crippen molar-refractivity contribution in [2.75, 3.05) is 5.32 Å². The summed E-state index contributed by atoms with van der Waals surface area (Å²) in [5.74, 6) is 0.243. The molecule has 1 atom stereocenters. The Morgan fingerprint density at radius 3 is 2.76 bits per heavy atom. The largest absolute Gasteiger partial charge is 0.334 e. The number of urea groups is 1. The zero-order valence-electron chi connectivity index (χ0n) is 14.2. The van der Waals surface area contributed by atoms with Crippen LogP contribution in [0.25, 0.3) is 0 Å². The van der Waals surface area contributed by atoms with Crippen LogP contribution >= 0.6 is 0 Å². The Bertz CT molecular complexity index is 744. The van der Waals surface area contributed by atoms with Crippen LogP contribution in [0.3, 0.4) is 0 Å². The van der Waals surface area contributed by atoms with Crippen LogP contribution in [0.4, 0.5) is 10.5 Å². The second kappa shape index (κ2) is 7.79. The van der Waals surface area contributed by atoms with Crippen molar-refractivity contribution in [3.63, 3.8) is 0 Å². The van der Waals surface area contributed by atoms with Gasteiger partial charge in [0.2, 0.25) is 5.91 Å². The molecule has 0 bridgehead atoms. The molecule has 0 aliphatic heterocycles. The molecule has 25 heavy (non-hydrogen) atoms. The van der Waals surface area contributed by atoms with Gasteiger partial charge in [0, 0.05) is 24.3 Å². The van der Waals surface area contributed by atoms with Crippen molar-refractivity contribution >= 4 is 17.6 Å². The van der Waals surface area contributed by atoms with Gasteiger partial charge in [0.1, 0.15) is 0 Å². The van der Waals surface area contributed by atoms with Gasteiger partial charge in [-0.3, -0.25) is 9.78 Å². The minimum absolute atomic E-state index is 0.0760. The third-order valence-corrected chi connectivity index (χ3v) is 4.07. The number of carbonyl (C=O) groups is 2. The highest BCUT2D eigenvalue weighted by Gasteiger charge is 2.29. The number of amides is 3. The summed E-state index contributed by atoms with van der Waals surface area (Å²) in [6, 6.07) is 12.7. The van der Waals surface area contributed by atoms with E-state index in [0.717, 1.165) is 29.8 Å². The molecule has 6 nitrogen and oxygen atoms in total. The summed E-state index contributed by atoms with van der Waals surface area (Å²) in [5, 5.41) is 8.59. The SMILES string of the molecule is C[C@@H](NC(=O)NCc1cccc(NC(=O)C2CC2)c1)c1ccccn1. The molecule has 1 aliphatic carbocycles. The van der Waals surface area contributed by atoms with Crippen LogP contribution in [0.15, 0.2) is 48.7 Å². The van der Waals surface area contributed by atoms with Gasteiger partial charge in [-0.1, -0.05) is 18.2 Å². The fourth-order valence-corrected chi connectivity index (χ4v) is 2.48. The van der Waals surface area contributed by atoms with Gasteiger partial charge in [-0.15, -0.1) is 0 Å². The quantitative estimate of drug-likeness (QED) is 0.757. The maximum absolute atomic E-state index is 12.0. The van der Waals surface area contributed by atoms with Gasteiger partial charge in [0.05, 0.1) is 11.7 Å². The highest BCUT2D eigenvalue weighted by Crippen LogP contribution is 2.30. The van der Waals surface area contributed by atoms with E-state index >= 15 is 0 Å². The molecule has 1 aromatic carbocycles. The average Bonchev–Trinajstić information content (AvgIpc) is 3.46. The average molecular weight is 338 g/mol. The predicted molar refractivity (Wildman–Crippen MR) is 95.8 cm³/mol. The number of nitrogens with zero attached hydrogens (tertiary/aromatic N) is 1. The first-order valence-electron chi connectivity index (χ1n) is 8.47. The standard InChI is InChI=1S/C19H22N4O2/c1-13(17-7-2-3-10-20-17)22-19(25)21-12-14-5-4-6-16(11-14)23-18(24)15-8-9-15/h2-7,10-11,13,15H,8-9,12H2,1H3,(H,23,24)(H2,21,22,25)/t13-/m1/s1. The van der Waals surface area contributed by atoms with Crippen LogP contribution in [-0.2, 0) is 11.3 Å². The molecule has 3 rings (SSSR count). The number of nitrogens with one attached hydrogen (secondary N) is 3. The van der Waals surface area contributed by atoms with Crippen LogP contribution in [-0.4, -0.2) is 16.9 Å². The third-order valence-electron chi connectivity index (χ3n) is 4.07.